The average molecular weight is 258 g/mol. The largest absolute Gasteiger partial charge is 0.339 e. The van der Waals surface area contributed by atoms with E-state index >= 15 is 0 Å². The van der Waals surface area contributed by atoms with Crippen molar-refractivity contribution in [1.29, 1.82) is 0 Å². The first-order valence-corrected chi connectivity index (χ1v) is 6.30. The predicted octanol–water partition coefficient (Wildman–Crippen LogP) is 2.88. The number of hydrogen-bond donors (Lipinski definition) is 0. The van der Waals surface area contributed by atoms with Crippen LogP contribution in [0.3, 0.4) is 0 Å². The van der Waals surface area contributed by atoms with E-state index in [-0.39, 0.29) is 11.8 Å². The number of ketones is 1. The summed E-state index contributed by atoms with van der Waals surface area (Å²) in [5.41, 5.74) is 0. The van der Waals surface area contributed by atoms with E-state index in [4.69, 9.17) is 4.52 Å². The molecule has 100 valence electrons. The van der Waals surface area contributed by atoms with E-state index in [9.17, 15) is 13.6 Å². The molecular weight excluding hydrogens is 242 g/mol. The van der Waals surface area contributed by atoms with Crippen LogP contribution in [0, 0.1) is 0 Å². The van der Waals surface area contributed by atoms with Gasteiger partial charge in [-0.15, -0.1) is 0 Å². The maximum atomic E-state index is 12.1. The maximum Gasteiger partial charge on any atom is 0.296 e. The van der Waals surface area contributed by atoms with Gasteiger partial charge in [-0.25, -0.2) is 8.78 Å². The summed E-state index contributed by atoms with van der Waals surface area (Å²) >= 11 is 0. The number of aromatic nitrogens is 2. The van der Waals surface area contributed by atoms with Gasteiger partial charge in [0.1, 0.15) is 0 Å². The molecule has 1 aliphatic rings. The lowest BCUT2D eigenvalue weighted by molar-refractivity contribution is -0.129. The smallest absolute Gasteiger partial charge is 0.296 e. The molecule has 0 bridgehead atoms. The van der Waals surface area contributed by atoms with Crippen molar-refractivity contribution in [3.8, 4) is 0 Å². The third kappa shape index (κ3) is 3.34. The van der Waals surface area contributed by atoms with E-state index in [2.05, 4.69) is 10.1 Å². The van der Waals surface area contributed by atoms with Crippen molar-refractivity contribution in [2.75, 3.05) is 0 Å². The SMILES string of the molecule is O=C(Cc1nc(C2CCCCCC2)no1)C(F)F. The summed E-state index contributed by atoms with van der Waals surface area (Å²) in [5, 5.41) is 3.81. The Morgan fingerprint density at radius 3 is 2.56 bits per heavy atom. The van der Waals surface area contributed by atoms with Gasteiger partial charge in [0.2, 0.25) is 11.7 Å². The number of carbonyl (C=O) groups is 1. The number of halogens is 2. The van der Waals surface area contributed by atoms with Crippen LogP contribution < -0.4 is 0 Å². The standard InChI is InChI=1S/C12H16F2N2O2/c13-11(14)9(17)7-10-15-12(16-18-10)8-5-3-1-2-4-6-8/h8,11H,1-7H2. The van der Waals surface area contributed by atoms with E-state index in [0.717, 1.165) is 25.7 Å². The summed E-state index contributed by atoms with van der Waals surface area (Å²) in [4.78, 5) is 14.9. The maximum absolute atomic E-state index is 12.1. The number of Topliss-reactive ketones (excluding diaryl/α,β-unsaturated/α-hetero) is 1. The lowest BCUT2D eigenvalue weighted by Crippen LogP contribution is -2.13. The molecule has 2 rings (SSSR count). The highest BCUT2D eigenvalue weighted by Gasteiger charge is 2.23. The third-order valence-electron chi connectivity index (χ3n) is 3.27. The van der Waals surface area contributed by atoms with Gasteiger partial charge in [-0.05, 0) is 12.8 Å². The van der Waals surface area contributed by atoms with Gasteiger partial charge < -0.3 is 4.52 Å². The first-order valence-electron chi connectivity index (χ1n) is 6.30. The van der Waals surface area contributed by atoms with E-state index in [0.29, 0.717) is 5.82 Å². The first-order chi connectivity index (χ1) is 8.66. The zero-order valence-electron chi connectivity index (χ0n) is 10.1. The Hall–Kier alpha value is -1.33. The number of alkyl halides is 2. The summed E-state index contributed by atoms with van der Waals surface area (Å²) in [5.74, 6) is -0.369. The molecular formula is C12H16F2N2O2. The van der Waals surface area contributed by atoms with Crippen molar-refractivity contribution in [2.24, 2.45) is 0 Å². The molecule has 0 amide bonds. The highest BCUT2D eigenvalue weighted by molar-refractivity contribution is 5.82. The number of carbonyl (C=O) groups excluding carboxylic acids is 1. The second kappa shape index (κ2) is 6.02. The van der Waals surface area contributed by atoms with E-state index < -0.39 is 18.6 Å². The number of nitrogens with zero attached hydrogens (tertiary/aromatic N) is 2. The third-order valence-corrected chi connectivity index (χ3v) is 3.27. The lowest BCUT2D eigenvalue weighted by Gasteiger charge is -2.07. The Morgan fingerprint density at radius 2 is 1.94 bits per heavy atom. The Labute approximate surface area is 104 Å². The van der Waals surface area contributed by atoms with Crippen LogP contribution in [0.15, 0.2) is 4.52 Å². The van der Waals surface area contributed by atoms with Crippen LogP contribution >= 0.6 is 0 Å². The first kappa shape index (κ1) is 13.1. The van der Waals surface area contributed by atoms with Crippen molar-refractivity contribution in [2.45, 2.75) is 57.3 Å². The predicted molar refractivity (Wildman–Crippen MR) is 59.5 cm³/mol. The molecule has 1 saturated carbocycles. The van der Waals surface area contributed by atoms with Gasteiger partial charge in [-0.2, -0.15) is 4.98 Å². The topological polar surface area (TPSA) is 56.0 Å². The van der Waals surface area contributed by atoms with E-state index in [1.807, 2.05) is 0 Å². The van der Waals surface area contributed by atoms with Crippen LogP contribution in [0.2, 0.25) is 0 Å². The minimum absolute atomic E-state index is 0.000420. The van der Waals surface area contributed by atoms with Gasteiger partial charge in [-0.3, -0.25) is 4.79 Å². The summed E-state index contributed by atoms with van der Waals surface area (Å²) in [7, 11) is 0. The average Bonchev–Trinajstić information content (AvgIpc) is 2.63. The fourth-order valence-electron chi connectivity index (χ4n) is 2.27. The molecule has 0 unspecified atom stereocenters. The minimum Gasteiger partial charge on any atom is -0.339 e. The molecule has 6 heteroatoms. The molecule has 0 aliphatic heterocycles. The molecule has 4 nitrogen and oxygen atoms in total. The highest BCUT2D eigenvalue weighted by Crippen LogP contribution is 2.29. The summed E-state index contributed by atoms with van der Waals surface area (Å²) in [6.07, 6.45) is 3.24. The fraction of sp³-hybridized carbons (Fsp3) is 0.750. The molecule has 1 aromatic rings. The van der Waals surface area contributed by atoms with Gasteiger partial charge in [0, 0.05) is 5.92 Å². The molecule has 1 heterocycles. The van der Waals surface area contributed by atoms with Crippen molar-refractivity contribution in [3.05, 3.63) is 11.7 Å². The summed E-state index contributed by atoms with van der Waals surface area (Å²) < 4.78 is 29.0. The Balaban J connectivity index is 1.98. The summed E-state index contributed by atoms with van der Waals surface area (Å²) in [6.45, 7) is 0. The monoisotopic (exact) mass is 258 g/mol. The number of hydrogen-bond acceptors (Lipinski definition) is 4. The Kier molecular flexibility index (Phi) is 4.38. The molecule has 0 saturated heterocycles. The Morgan fingerprint density at radius 1 is 1.28 bits per heavy atom. The van der Waals surface area contributed by atoms with Crippen LogP contribution in [-0.2, 0) is 11.2 Å². The molecule has 0 atom stereocenters. The fourth-order valence-corrected chi connectivity index (χ4v) is 2.27. The number of rotatable bonds is 4. The van der Waals surface area contributed by atoms with Gasteiger partial charge in [0.05, 0.1) is 6.42 Å². The highest BCUT2D eigenvalue weighted by atomic mass is 19.3. The zero-order chi connectivity index (χ0) is 13.0. The van der Waals surface area contributed by atoms with Crippen LogP contribution in [0.25, 0.3) is 0 Å². The minimum atomic E-state index is -2.97. The van der Waals surface area contributed by atoms with Crippen molar-refractivity contribution >= 4 is 5.78 Å². The normalized spacial score (nSPS) is 17.9. The molecule has 0 N–H and O–H groups in total. The van der Waals surface area contributed by atoms with Crippen LogP contribution in [0.5, 0.6) is 0 Å². The summed E-state index contributed by atoms with van der Waals surface area (Å²) in [6, 6.07) is 0. The van der Waals surface area contributed by atoms with Crippen LogP contribution in [-0.4, -0.2) is 22.3 Å². The van der Waals surface area contributed by atoms with Crippen molar-refractivity contribution in [1.82, 2.24) is 10.1 Å². The van der Waals surface area contributed by atoms with Crippen molar-refractivity contribution < 1.29 is 18.1 Å². The Bertz CT molecular complexity index is 399. The molecule has 0 radical (unpaired) electrons. The van der Waals surface area contributed by atoms with Gasteiger partial charge in [-0.1, -0.05) is 30.8 Å². The molecule has 1 fully saturated rings. The van der Waals surface area contributed by atoms with Gasteiger partial charge in [0.15, 0.2) is 5.82 Å². The van der Waals surface area contributed by atoms with Crippen LogP contribution in [0.4, 0.5) is 8.78 Å². The second-order valence-corrected chi connectivity index (χ2v) is 4.68. The molecule has 1 aliphatic carbocycles. The van der Waals surface area contributed by atoms with Crippen molar-refractivity contribution in [3.63, 3.8) is 0 Å². The molecule has 0 spiro atoms. The molecule has 1 aromatic heterocycles. The lowest BCUT2D eigenvalue weighted by atomic mass is 10.00. The zero-order valence-corrected chi connectivity index (χ0v) is 10.1. The molecule has 18 heavy (non-hydrogen) atoms. The molecule has 0 aromatic carbocycles. The van der Waals surface area contributed by atoms with Crippen LogP contribution in [0.1, 0.15) is 56.2 Å². The quantitative estimate of drug-likeness (QED) is 0.779. The van der Waals surface area contributed by atoms with E-state index in [1.54, 1.807) is 0 Å². The second-order valence-electron chi connectivity index (χ2n) is 4.68. The van der Waals surface area contributed by atoms with E-state index in [1.165, 1.54) is 12.8 Å². The van der Waals surface area contributed by atoms with Gasteiger partial charge in [0.25, 0.3) is 6.43 Å². The van der Waals surface area contributed by atoms with Gasteiger partial charge >= 0.3 is 0 Å².